The number of rotatable bonds is 6. The van der Waals surface area contributed by atoms with Crippen molar-refractivity contribution in [2.75, 3.05) is 32.9 Å². The molecule has 2 fully saturated rings. The molecule has 2 saturated heterocycles. The van der Waals surface area contributed by atoms with E-state index in [-0.39, 0.29) is 24.8 Å². The second-order valence-corrected chi connectivity index (χ2v) is 9.27. The van der Waals surface area contributed by atoms with Gasteiger partial charge in [-0.25, -0.2) is 4.79 Å². The van der Waals surface area contributed by atoms with E-state index in [4.69, 9.17) is 32.7 Å². The van der Waals surface area contributed by atoms with E-state index in [2.05, 4.69) is 21.2 Å². The van der Waals surface area contributed by atoms with E-state index < -0.39 is 11.9 Å². The standard InChI is InChI=1S/C23H20BrCl2N3O5/c24-16-9-14(2-4-20(16)34-13-21(30)28-5-7-33-8-6-28)11-19-22(31)29(23(32)27-19)12-15-1-3-17(25)18(26)10-15/h1-4,9-11H,5-8,12-13H2,(H,27,32)/b19-11-. The number of carbonyl (C=O) groups is 3. The van der Waals surface area contributed by atoms with Crippen molar-refractivity contribution in [3.8, 4) is 5.75 Å². The molecule has 2 aromatic rings. The molecule has 0 bridgehead atoms. The maximum atomic E-state index is 12.8. The van der Waals surface area contributed by atoms with Crippen LogP contribution in [-0.4, -0.2) is 60.6 Å². The average Bonchev–Trinajstić information content (AvgIpc) is 3.08. The summed E-state index contributed by atoms with van der Waals surface area (Å²) >= 11 is 15.4. The Kier molecular flexibility index (Phi) is 7.77. The van der Waals surface area contributed by atoms with Crippen LogP contribution in [0, 0.1) is 0 Å². The maximum Gasteiger partial charge on any atom is 0.329 e. The molecule has 2 aliphatic heterocycles. The van der Waals surface area contributed by atoms with Gasteiger partial charge in [0.2, 0.25) is 0 Å². The molecule has 0 spiro atoms. The highest BCUT2D eigenvalue weighted by molar-refractivity contribution is 9.10. The predicted molar refractivity (Wildman–Crippen MR) is 131 cm³/mol. The van der Waals surface area contributed by atoms with Crippen molar-refractivity contribution < 1.29 is 23.9 Å². The summed E-state index contributed by atoms with van der Waals surface area (Å²) in [6.45, 7) is 2.14. The van der Waals surface area contributed by atoms with Gasteiger partial charge in [-0.3, -0.25) is 14.5 Å². The van der Waals surface area contributed by atoms with E-state index in [0.717, 1.165) is 4.90 Å². The first-order chi connectivity index (χ1) is 16.3. The molecule has 1 N–H and O–H groups in total. The van der Waals surface area contributed by atoms with Crippen molar-refractivity contribution in [2.45, 2.75) is 6.54 Å². The molecule has 2 aliphatic rings. The number of hydrogen-bond acceptors (Lipinski definition) is 5. The van der Waals surface area contributed by atoms with Gasteiger partial charge in [-0.2, -0.15) is 0 Å². The summed E-state index contributed by atoms with van der Waals surface area (Å²) in [7, 11) is 0. The number of imide groups is 1. The van der Waals surface area contributed by atoms with Crippen LogP contribution in [0.25, 0.3) is 6.08 Å². The maximum absolute atomic E-state index is 12.8. The molecule has 178 valence electrons. The van der Waals surface area contributed by atoms with Gasteiger partial charge in [-0.15, -0.1) is 0 Å². The first-order valence-electron chi connectivity index (χ1n) is 10.4. The van der Waals surface area contributed by atoms with Crippen molar-refractivity contribution in [3.63, 3.8) is 0 Å². The number of morpholine rings is 1. The lowest BCUT2D eigenvalue weighted by Gasteiger charge is -2.26. The third kappa shape index (κ3) is 5.72. The van der Waals surface area contributed by atoms with Crippen LogP contribution in [0.5, 0.6) is 5.75 Å². The Morgan fingerprint density at radius 2 is 1.88 bits per heavy atom. The second-order valence-electron chi connectivity index (χ2n) is 7.60. The topological polar surface area (TPSA) is 88.2 Å². The number of benzene rings is 2. The first-order valence-corrected chi connectivity index (χ1v) is 11.9. The van der Waals surface area contributed by atoms with Crippen LogP contribution >= 0.6 is 39.1 Å². The zero-order chi connectivity index (χ0) is 24.2. The van der Waals surface area contributed by atoms with Gasteiger partial charge in [0.05, 0.1) is 34.3 Å². The molecular formula is C23H20BrCl2N3O5. The SMILES string of the molecule is O=C(COc1ccc(/C=C2\NC(=O)N(Cc3ccc(Cl)c(Cl)c3)C2=O)cc1Br)N1CCOCC1. The van der Waals surface area contributed by atoms with Gasteiger partial charge < -0.3 is 19.7 Å². The highest BCUT2D eigenvalue weighted by Crippen LogP contribution is 2.28. The fourth-order valence-corrected chi connectivity index (χ4v) is 4.30. The minimum absolute atomic E-state index is 0.0620. The minimum Gasteiger partial charge on any atom is -0.483 e. The van der Waals surface area contributed by atoms with Crippen molar-refractivity contribution in [1.29, 1.82) is 0 Å². The van der Waals surface area contributed by atoms with Gasteiger partial charge >= 0.3 is 6.03 Å². The van der Waals surface area contributed by atoms with Gasteiger partial charge in [0.25, 0.3) is 11.8 Å². The summed E-state index contributed by atoms with van der Waals surface area (Å²) in [5, 5.41) is 3.33. The summed E-state index contributed by atoms with van der Waals surface area (Å²) in [6, 6.07) is 9.57. The lowest BCUT2D eigenvalue weighted by molar-refractivity contribution is -0.137. The molecule has 0 unspecified atom stereocenters. The first kappa shape index (κ1) is 24.5. The van der Waals surface area contributed by atoms with Crippen molar-refractivity contribution in [3.05, 3.63) is 67.7 Å². The quantitative estimate of drug-likeness (QED) is 0.419. The molecule has 0 saturated carbocycles. The van der Waals surface area contributed by atoms with Crippen LogP contribution in [0.3, 0.4) is 0 Å². The predicted octanol–water partition coefficient (Wildman–Crippen LogP) is 4.09. The van der Waals surface area contributed by atoms with Crippen LogP contribution in [0.15, 0.2) is 46.6 Å². The number of amides is 4. The fraction of sp³-hybridized carbons (Fsp3) is 0.261. The number of nitrogens with one attached hydrogen (secondary N) is 1. The summed E-state index contributed by atoms with van der Waals surface area (Å²) in [4.78, 5) is 40.2. The number of carbonyl (C=O) groups excluding carboxylic acids is 3. The van der Waals surface area contributed by atoms with Crippen LogP contribution in [0.1, 0.15) is 11.1 Å². The molecule has 2 aromatic carbocycles. The molecule has 8 nitrogen and oxygen atoms in total. The monoisotopic (exact) mass is 567 g/mol. The largest absolute Gasteiger partial charge is 0.483 e. The Labute approximate surface area is 214 Å². The number of urea groups is 1. The molecule has 11 heteroatoms. The van der Waals surface area contributed by atoms with Crippen molar-refractivity contribution in [2.24, 2.45) is 0 Å². The molecule has 0 aromatic heterocycles. The Morgan fingerprint density at radius 3 is 2.59 bits per heavy atom. The number of halogens is 3. The van der Waals surface area contributed by atoms with Crippen molar-refractivity contribution in [1.82, 2.24) is 15.1 Å². The highest BCUT2D eigenvalue weighted by atomic mass is 79.9. The zero-order valence-electron chi connectivity index (χ0n) is 17.9. The molecule has 0 aliphatic carbocycles. The third-order valence-electron chi connectivity index (χ3n) is 5.27. The summed E-state index contributed by atoms with van der Waals surface area (Å²) in [5.74, 6) is -0.0712. The molecule has 4 amide bonds. The van der Waals surface area contributed by atoms with Crippen LogP contribution in [-0.2, 0) is 20.9 Å². The van der Waals surface area contributed by atoms with E-state index in [0.29, 0.717) is 57.7 Å². The summed E-state index contributed by atoms with van der Waals surface area (Å²) in [5.41, 5.74) is 1.49. The second kappa shape index (κ2) is 10.8. The van der Waals surface area contributed by atoms with Gasteiger partial charge in [-0.1, -0.05) is 35.3 Å². The summed E-state index contributed by atoms with van der Waals surface area (Å²) in [6.07, 6.45) is 1.57. The Morgan fingerprint density at radius 1 is 1.12 bits per heavy atom. The Balaban J connectivity index is 1.40. The number of nitrogens with zero attached hydrogens (tertiary/aromatic N) is 2. The third-order valence-corrected chi connectivity index (χ3v) is 6.63. The van der Waals surface area contributed by atoms with Gasteiger partial charge in [0.1, 0.15) is 11.4 Å². The lowest BCUT2D eigenvalue weighted by atomic mass is 10.1. The summed E-state index contributed by atoms with van der Waals surface area (Å²) < 4.78 is 11.5. The number of hydrogen-bond donors (Lipinski definition) is 1. The molecule has 34 heavy (non-hydrogen) atoms. The number of ether oxygens (including phenoxy) is 2. The van der Waals surface area contributed by atoms with E-state index >= 15 is 0 Å². The smallest absolute Gasteiger partial charge is 0.329 e. The highest BCUT2D eigenvalue weighted by Gasteiger charge is 2.33. The van der Waals surface area contributed by atoms with Gasteiger partial charge in [-0.05, 0) is 57.4 Å². The van der Waals surface area contributed by atoms with E-state index in [1.807, 2.05) is 0 Å². The van der Waals surface area contributed by atoms with Crippen LogP contribution < -0.4 is 10.1 Å². The zero-order valence-corrected chi connectivity index (χ0v) is 21.0. The van der Waals surface area contributed by atoms with Gasteiger partial charge in [0, 0.05) is 13.1 Å². The molecule has 2 heterocycles. The molecule has 0 atom stereocenters. The van der Waals surface area contributed by atoms with Crippen LogP contribution in [0.4, 0.5) is 4.79 Å². The fourth-order valence-electron chi connectivity index (χ4n) is 3.47. The Bertz CT molecular complexity index is 1170. The lowest BCUT2D eigenvalue weighted by Crippen LogP contribution is -2.43. The average molecular weight is 569 g/mol. The van der Waals surface area contributed by atoms with Gasteiger partial charge in [0.15, 0.2) is 6.61 Å². The van der Waals surface area contributed by atoms with E-state index in [1.54, 1.807) is 47.4 Å². The van der Waals surface area contributed by atoms with Crippen LogP contribution in [0.2, 0.25) is 10.0 Å². The molecule has 0 radical (unpaired) electrons. The van der Waals surface area contributed by atoms with Crippen molar-refractivity contribution >= 4 is 63.1 Å². The molecule has 4 rings (SSSR count). The Hall–Kier alpha value is -2.59. The van der Waals surface area contributed by atoms with E-state index in [9.17, 15) is 14.4 Å². The molecular weight excluding hydrogens is 549 g/mol. The minimum atomic E-state index is -0.525. The van der Waals surface area contributed by atoms with E-state index in [1.165, 1.54) is 0 Å². The normalized spacial score (nSPS) is 17.3.